The van der Waals surface area contributed by atoms with Gasteiger partial charge in [0.2, 0.25) is 0 Å². The van der Waals surface area contributed by atoms with Crippen molar-refractivity contribution in [2.24, 2.45) is 0 Å². The van der Waals surface area contributed by atoms with Crippen molar-refractivity contribution >= 4 is 37.7 Å². The third-order valence-corrected chi connectivity index (χ3v) is 7.67. The van der Waals surface area contributed by atoms with Gasteiger partial charge in [-0.25, -0.2) is 0 Å². The van der Waals surface area contributed by atoms with Crippen molar-refractivity contribution in [2.45, 2.75) is 20.8 Å². The molecule has 1 saturated heterocycles. The molecule has 0 N–H and O–H groups in total. The van der Waals surface area contributed by atoms with Gasteiger partial charge in [0.25, 0.3) is 0 Å². The molecule has 0 saturated carbocycles. The van der Waals surface area contributed by atoms with Gasteiger partial charge >= 0.3 is 21.4 Å². The van der Waals surface area contributed by atoms with E-state index in [1.165, 1.54) is 16.7 Å². The Morgan fingerprint density at radius 3 is 0.881 bits per heavy atom. The second kappa shape index (κ2) is 11.1. The molecule has 9 heteroatoms. The molecule has 1 fully saturated rings. The molecule has 7 rings (SSSR count). The van der Waals surface area contributed by atoms with Crippen molar-refractivity contribution < 1.29 is 27.0 Å². The quantitative estimate of drug-likeness (QED) is 0.239. The molecule has 0 spiro atoms. The lowest BCUT2D eigenvalue weighted by Crippen LogP contribution is -2.61. The highest BCUT2D eigenvalue weighted by Gasteiger charge is 2.47. The molecule has 42 heavy (non-hydrogen) atoms. The summed E-state index contributed by atoms with van der Waals surface area (Å²) in [5.74, 6) is 0. The molecule has 6 aromatic rings. The fourth-order valence-electron chi connectivity index (χ4n) is 5.24. The van der Waals surface area contributed by atoms with Gasteiger partial charge in [0.1, 0.15) is 0 Å². The average molecular weight is 552 g/mol. The van der Waals surface area contributed by atoms with Crippen LogP contribution in [-0.2, 0) is 13.7 Å². The summed E-state index contributed by atoms with van der Waals surface area (Å²) in [5.41, 5.74) is 11.5. The van der Waals surface area contributed by atoms with E-state index >= 15 is 0 Å². The Morgan fingerprint density at radius 2 is 0.619 bits per heavy atom. The lowest BCUT2D eigenvalue weighted by Gasteiger charge is -2.31. The van der Waals surface area contributed by atoms with E-state index in [1.807, 2.05) is 0 Å². The van der Waals surface area contributed by atoms with Crippen molar-refractivity contribution in [1.82, 2.24) is 0 Å². The van der Waals surface area contributed by atoms with Crippen molar-refractivity contribution in [3.8, 4) is 33.4 Å². The predicted octanol–water partition coefficient (Wildman–Crippen LogP) is 5.94. The number of hydrogen-bond acceptors (Lipinski definition) is 6. The Balaban J connectivity index is 1.30. The van der Waals surface area contributed by atoms with E-state index in [0.717, 1.165) is 49.8 Å². The summed E-state index contributed by atoms with van der Waals surface area (Å²) in [4.78, 5) is 0. The van der Waals surface area contributed by atoms with Gasteiger partial charge in [0, 0.05) is 33.1 Å². The van der Waals surface area contributed by atoms with Gasteiger partial charge in [0.15, 0.2) is 0 Å². The molecule has 204 valence electrons. The Morgan fingerprint density at radius 1 is 0.357 bits per heavy atom. The van der Waals surface area contributed by atoms with Crippen LogP contribution in [0.3, 0.4) is 0 Å². The minimum Gasteiger partial charge on any atom is -0.472 e. The SMILES string of the molecule is Cc1ccc(-c2cocc2B2OB(c3cocc3-c3ccc(C)cc3)OB(c3cocc3-c3ccc(C)cc3)O2)cc1. The van der Waals surface area contributed by atoms with Crippen LogP contribution in [0.1, 0.15) is 16.7 Å². The third-order valence-electron chi connectivity index (χ3n) is 7.67. The molecule has 0 unspecified atom stereocenters. The first-order valence-electron chi connectivity index (χ1n) is 13.9. The molecule has 0 atom stereocenters. The Hall–Kier alpha value is -4.43. The first-order valence-corrected chi connectivity index (χ1v) is 13.9. The van der Waals surface area contributed by atoms with Crippen LogP contribution >= 0.6 is 0 Å². The van der Waals surface area contributed by atoms with Crippen molar-refractivity contribution in [1.29, 1.82) is 0 Å². The molecule has 0 aliphatic carbocycles. The highest BCUT2D eigenvalue weighted by Crippen LogP contribution is 2.26. The van der Waals surface area contributed by atoms with Crippen LogP contribution in [0.4, 0.5) is 0 Å². The first kappa shape index (κ1) is 26.5. The third kappa shape index (κ3) is 5.07. The fraction of sp³-hybridized carbons (Fsp3) is 0.0909. The first-order chi connectivity index (χ1) is 20.5. The van der Waals surface area contributed by atoms with Crippen molar-refractivity contribution in [2.75, 3.05) is 0 Å². The van der Waals surface area contributed by atoms with Gasteiger partial charge in [-0.15, -0.1) is 0 Å². The maximum absolute atomic E-state index is 6.54. The maximum atomic E-state index is 6.54. The highest BCUT2D eigenvalue weighted by molar-refractivity contribution is 6.88. The highest BCUT2D eigenvalue weighted by atomic mass is 16.7. The summed E-state index contributed by atoms with van der Waals surface area (Å²) in [6.45, 7) is 6.19. The average Bonchev–Trinajstić information content (AvgIpc) is 3.79. The second-order valence-electron chi connectivity index (χ2n) is 10.7. The normalized spacial score (nSPS) is 13.6. The summed E-state index contributed by atoms with van der Waals surface area (Å²) < 4.78 is 36.7. The van der Waals surface area contributed by atoms with Crippen LogP contribution in [0.25, 0.3) is 33.4 Å². The molecule has 1 aliphatic rings. The van der Waals surface area contributed by atoms with Gasteiger partial charge in [0.05, 0.1) is 37.6 Å². The molecule has 1 aliphatic heterocycles. The van der Waals surface area contributed by atoms with Crippen LogP contribution in [-0.4, -0.2) is 21.4 Å². The van der Waals surface area contributed by atoms with Crippen LogP contribution in [0.2, 0.25) is 0 Å². The van der Waals surface area contributed by atoms with E-state index in [4.69, 9.17) is 27.0 Å². The van der Waals surface area contributed by atoms with E-state index in [2.05, 4.69) is 93.6 Å². The van der Waals surface area contributed by atoms with E-state index < -0.39 is 21.4 Å². The van der Waals surface area contributed by atoms with Gasteiger partial charge in [-0.05, 0) is 37.5 Å². The Labute approximate surface area is 245 Å². The topological polar surface area (TPSA) is 67.1 Å². The molecule has 0 amide bonds. The molecule has 3 aromatic carbocycles. The summed E-state index contributed by atoms with van der Waals surface area (Å²) in [5, 5.41) is 0. The molecule has 3 aromatic heterocycles. The summed E-state index contributed by atoms with van der Waals surface area (Å²) >= 11 is 0. The summed E-state index contributed by atoms with van der Waals surface area (Å²) in [6, 6.07) is 24.8. The van der Waals surface area contributed by atoms with Gasteiger partial charge in [-0.1, -0.05) is 89.5 Å². The minimum absolute atomic E-state index is 0.762. The van der Waals surface area contributed by atoms with E-state index in [1.54, 1.807) is 37.6 Å². The van der Waals surface area contributed by atoms with Crippen LogP contribution < -0.4 is 16.4 Å². The standard InChI is InChI=1S/C33H27B3O6/c1-22-4-10-25(11-5-22)28-16-37-19-31(28)34-40-35(32-20-38-17-29(32)26-12-6-23(2)7-13-26)42-36(41-34)33-21-39-18-30(33)27-14-8-24(3)9-15-27/h4-21H,1-3H3. The monoisotopic (exact) mass is 552 g/mol. The number of rotatable bonds is 6. The number of benzene rings is 3. The van der Waals surface area contributed by atoms with Crippen LogP contribution in [0.15, 0.2) is 124 Å². The van der Waals surface area contributed by atoms with Crippen LogP contribution in [0.5, 0.6) is 0 Å². The van der Waals surface area contributed by atoms with E-state index in [-0.39, 0.29) is 0 Å². The number of aryl methyl sites for hydroxylation is 3. The zero-order valence-corrected chi connectivity index (χ0v) is 23.6. The van der Waals surface area contributed by atoms with E-state index in [0.29, 0.717) is 0 Å². The lowest BCUT2D eigenvalue weighted by molar-refractivity contribution is 0.308. The van der Waals surface area contributed by atoms with Crippen molar-refractivity contribution in [3.63, 3.8) is 0 Å². The van der Waals surface area contributed by atoms with Crippen molar-refractivity contribution in [3.05, 3.63) is 127 Å². The minimum atomic E-state index is -0.801. The zero-order chi connectivity index (χ0) is 28.6. The molecule has 0 radical (unpaired) electrons. The summed E-state index contributed by atoms with van der Waals surface area (Å²) in [7, 11) is -2.40. The summed E-state index contributed by atoms with van der Waals surface area (Å²) in [6.07, 6.45) is 10.2. The second-order valence-corrected chi connectivity index (χ2v) is 10.7. The van der Waals surface area contributed by atoms with Gasteiger partial charge in [-0.2, -0.15) is 0 Å². The Kier molecular flexibility index (Phi) is 7.00. The molecular formula is C33H27B3O6. The zero-order valence-electron chi connectivity index (χ0n) is 23.6. The van der Waals surface area contributed by atoms with E-state index in [9.17, 15) is 0 Å². The number of hydrogen-bond donors (Lipinski definition) is 0. The number of furan rings is 3. The fourth-order valence-corrected chi connectivity index (χ4v) is 5.24. The molecule has 4 heterocycles. The predicted molar refractivity (Wildman–Crippen MR) is 166 cm³/mol. The lowest BCUT2D eigenvalue weighted by atomic mass is 9.60. The molecule has 6 nitrogen and oxygen atoms in total. The molecular weight excluding hydrogens is 525 g/mol. The largest absolute Gasteiger partial charge is 0.472 e. The van der Waals surface area contributed by atoms with Gasteiger partial charge < -0.3 is 27.0 Å². The Bertz CT molecular complexity index is 1580. The molecule has 0 bridgehead atoms. The smallest absolute Gasteiger partial charge is 0.470 e. The maximum Gasteiger partial charge on any atom is 0.470 e. The van der Waals surface area contributed by atoms with Gasteiger partial charge in [-0.3, -0.25) is 0 Å². The van der Waals surface area contributed by atoms with Crippen LogP contribution in [0, 0.1) is 20.8 Å².